The van der Waals surface area contributed by atoms with Crippen molar-refractivity contribution in [3.63, 3.8) is 0 Å². The summed E-state index contributed by atoms with van der Waals surface area (Å²) in [6, 6.07) is 3.32. The van der Waals surface area contributed by atoms with Crippen LogP contribution >= 0.6 is 11.3 Å². The average molecular weight is 333 g/mol. The van der Waals surface area contributed by atoms with Crippen molar-refractivity contribution in [1.82, 2.24) is 9.62 Å². The Labute approximate surface area is 130 Å². The van der Waals surface area contributed by atoms with Crippen LogP contribution in [0.25, 0.3) is 0 Å². The fourth-order valence-corrected chi connectivity index (χ4v) is 4.65. The Morgan fingerprint density at radius 2 is 2.00 bits per heavy atom. The fraction of sp³-hybridized carbons (Fsp3) is 0.615. The second kappa shape index (κ2) is 7.88. The quantitative estimate of drug-likeness (QED) is 0.742. The van der Waals surface area contributed by atoms with E-state index in [1.807, 2.05) is 13.8 Å². The van der Waals surface area contributed by atoms with E-state index in [2.05, 4.69) is 5.32 Å². The lowest BCUT2D eigenvalue weighted by molar-refractivity contribution is -0.124. The number of nitrogens with one attached hydrogen (secondary N) is 1. The minimum Gasteiger partial charge on any atom is -0.351 e. The van der Waals surface area contributed by atoms with Gasteiger partial charge in [0.1, 0.15) is 4.21 Å². The van der Waals surface area contributed by atoms with E-state index in [1.54, 1.807) is 19.1 Å². The molecule has 0 saturated heterocycles. The zero-order chi connectivity index (χ0) is 16.0. The number of nitrogens with zero attached hydrogens (tertiary/aromatic N) is 1. The Morgan fingerprint density at radius 3 is 2.52 bits per heavy atom. The van der Waals surface area contributed by atoms with Gasteiger partial charge in [0, 0.05) is 30.4 Å². The first-order valence-electron chi connectivity index (χ1n) is 6.93. The summed E-state index contributed by atoms with van der Waals surface area (Å²) in [7, 11) is -3.42. The number of carbonyl (C=O) groups excluding carboxylic acids is 1. The molecule has 1 amide bonds. The molecule has 1 unspecified atom stereocenters. The van der Waals surface area contributed by atoms with Gasteiger partial charge in [0.25, 0.3) is 10.0 Å². The first-order valence-corrected chi connectivity index (χ1v) is 9.19. The third-order valence-electron chi connectivity index (χ3n) is 3.17. The van der Waals surface area contributed by atoms with Crippen molar-refractivity contribution in [3.8, 4) is 0 Å². The molecule has 0 saturated carbocycles. The molecule has 21 heavy (non-hydrogen) atoms. The van der Waals surface area contributed by atoms with Crippen molar-refractivity contribution < 1.29 is 13.2 Å². The maximum Gasteiger partial charge on any atom is 0.252 e. The predicted octanol–water partition coefficient (Wildman–Crippen LogP) is 0.990. The second-order valence-electron chi connectivity index (χ2n) is 4.66. The molecule has 6 nitrogen and oxygen atoms in total. The van der Waals surface area contributed by atoms with Crippen LogP contribution < -0.4 is 11.1 Å². The van der Waals surface area contributed by atoms with Crippen LogP contribution in [-0.2, 0) is 21.4 Å². The number of thiophene rings is 1. The first kappa shape index (κ1) is 18.1. The molecule has 1 aromatic heterocycles. The van der Waals surface area contributed by atoms with Crippen LogP contribution in [-0.4, -0.2) is 38.3 Å². The molecule has 8 heteroatoms. The summed E-state index contributed by atoms with van der Waals surface area (Å²) >= 11 is 1.18. The zero-order valence-electron chi connectivity index (χ0n) is 12.6. The van der Waals surface area contributed by atoms with Crippen molar-refractivity contribution in [2.24, 2.45) is 11.7 Å². The number of carbonyl (C=O) groups is 1. The first-order chi connectivity index (χ1) is 9.86. The van der Waals surface area contributed by atoms with E-state index in [9.17, 15) is 13.2 Å². The van der Waals surface area contributed by atoms with Crippen molar-refractivity contribution >= 4 is 27.3 Å². The summed E-state index contributed by atoms with van der Waals surface area (Å²) in [4.78, 5) is 12.4. The molecule has 3 N–H and O–H groups in total. The minimum atomic E-state index is -3.42. The van der Waals surface area contributed by atoms with Crippen molar-refractivity contribution in [2.75, 3.05) is 19.6 Å². The lowest BCUT2D eigenvalue weighted by atomic mass is 10.2. The summed E-state index contributed by atoms with van der Waals surface area (Å²) in [5.41, 5.74) is 5.42. The Morgan fingerprint density at radius 1 is 1.38 bits per heavy atom. The highest BCUT2D eigenvalue weighted by Crippen LogP contribution is 2.24. The van der Waals surface area contributed by atoms with Gasteiger partial charge in [0.05, 0.1) is 6.54 Å². The maximum absolute atomic E-state index is 12.3. The van der Waals surface area contributed by atoms with Gasteiger partial charge >= 0.3 is 0 Å². The highest BCUT2D eigenvalue weighted by Gasteiger charge is 2.23. The standard InChI is InChI=1S/C13H23N3O3S2/c1-4-16(5-2)21(18,19)12-7-6-11(20-12)9-15-13(17)10(3)8-14/h6-7,10H,4-5,8-9,14H2,1-3H3,(H,15,17). The van der Waals surface area contributed by atoms with E-state index in [4.69, 9.17) is 5.73 Å². The van der Waals surface area contributed by atoms with Crippen LogP contribution in [0.2, 0.25) is 0 Å². The Kier molecular flexibility index (Phi) is 6.79. The summed E-state index contributed by atoms with van der Waals surface area (Å²) in [5.74, 6) is -0.372. The Bertz CT molecular complexity index is 565. The molecule has 0 radical (unpaired) electrons. The van der Waals surface area contributed by atoms with Gasteiger partial charge in [-0.2, -0.15) is 4.31 Å². The second-order valence-corrected chi connectivity index (χ2v) is 8.00. The van der Waals surface area contributed by atoms with E-state index < -0.39 is 10.0 Å². The van der Waals surface area contributed by atoms with Crippen LogP contribution in [0.15, 0.2) is 16.3 Å². The molecule has 0 spiro atoms. The van der Waals surface area contributed by atoms with Gasteiger partial charge in [-0.3, -0.25) is 4.79 Å². The SMILES string of the molecule is CCN(CC)S(=O)(=O)c1ccc(CNC(=O)C(C)CN)s1. The molecular weight excluding hydrogens is 310 g/mol. The van der Waals surface area contributed by atoms with Gasteiger partial charge < -0.3 is 11.1 Å². The highest BCUT2D eigenvalue weighted by atomic mass is 32.2. The molecule has 0 aromatic carbocycles. The van der Waals surface area contributed by atoms with Gasteiger partial charge in [0.15, 0.2) is 0 Å². The van der Waals surface area contributed by atoms with Crippen LogP contribution in [0.4, 0.5) is 0 Å². The normalized spacial score (nSPS) is 13.4. The topological polar surface area (TPSA) is 92.5 Å². The lowest BCUT2D eigenvalue weighted by Gasteiger charge is -2.16. The number of hydrogen-bond acceptors (Lipinski definition) is 5. The highest BCUT2D eigenvalue weighted by molar-refractivity contribution is 7.91. The number of hydrogen-bond donors (Lipinski definition) is 2. The largest absolute Gasteiger partial charge is 0.351 e. The Hall–Kier alpha value is -0.960. The zero-order valence-corrected chi connectivity index (χ0v) is 14.3. The molecule has 120 valence electrons. The fourth-order valence-electron chi connectivity index (χ4n) is 1.74. The number of sulfonamides is 1. The molecule has 0 aliphatic rings. The molecule has 0 aliphatic carbocycles. The smallest absolute Gasteiger partial charge is 0.252 e. The average Bonchev–Trinajstić information content (AvgIpc) is 2.94. The number of rotatable bonds is 8. The summed E-state index contributed by atoms with van der Waals surface area (Å²) < 4.78 is 26.4. The van der Waals surface area contributed by atoms with Gasteiger partial charge in [0.2, 0.25) is 5.91 Å². The Balaban J connectivity index is 2.76. The molecule has 0 fully saturated rings. The van der Waals surface area contributed by atoms with Crippen molar-refractivity contribution in [2.45, 2.75) is 31.5 Å². The molecule has 0 aliphatic heterocycles. The van der Waals surface area contributed by atoms with Crippen LogP contribution in [0, 0.1) is 5.92 Å². The van der Waals surface area contributed by atoms with Gasteiger partial charge in [-0.05, 0) is 12.1 Å². The van der Waals surface area contributed by atoms with E-state index >= 15 is 0 Å². The number of amides is 1. The van der Waals surface area contributed by atoms with Crippen LogP contribution in [0.1, 0.15) is 25.6 Å². The van der Waals surface area contributed by atoms with Crippen molar-refractivity contribution in [3.05, 3.63) is 17.0 Å². The van der Waals surface area contributed by atoms with E-state index in [0.29, 0.717) is 23.8 Å². The molecule has 1 aromatic rings. The third-order valence-corrected chi connectivity index (χ3v) is 6.78. The van der Waals surface area contributed by atoms with E-state index in [-0.39, 0.29) is 18.4 Å². The molecular formula is C13H23N3O3S2. The predicted molar refractivity (Wildman–Crippen MR) is 84.5 cm³/mol. The lowest BCUT2D eigenvalue weighted by Crippen LogP contribution is -2.32. The summed E-state index contributed by atoms with van der Waals surface area (Å²) in [6.45, 7) is 6.86. The van der Waals surface area contributed by atoms with Gasteiger partial charge in [-0.25, -0.2) is 8.42 Å². The molecule has 1 atom stereocenters. The summed E-state index contributed by atoms with van der Waals surface area (Å²) in [5, 5.41) is 2.75. The van der Waals surface area contributed by atoms with Crippen LogP contribution in [0.3, 0.4) is 0 Å². The van der Waals surface area contributed by atoms with Gasteiger partial charge in [-0.15, -0.1) is 11.3 Å². The monoisotopic (exact) mass is 333 g/mol. The molecule has 0 bridgehead atoms. The third kappa shape index (κ3) is 4.50. The molecule has 1 heterocycles. The number of nitrogens with two attached hydrogens (primary N) is 1. The minimum absolute atomic E-state index is 0.126. The van der Waals surface area contributed by atoms with Crippen molar-refractivity contribution in [1.29, 1.82) is 0 Å². The van der Waals surface area contributed by atoms with E-state index in [0.717, 1.165) is 4.88 Å². The van der Waals surface area contributed by atoms with Crippen LogP contribution in [0.5, 0.6) is 0 Å². The molecule has 1 rings (SSSR count). The maximum atomic E-state index is 12.3. The summed E-state index contributed by atoms with van der Waals surface area (Å²) in [6.07, 6.45) is 0. The van der Waals surface area contributed by atoms with Gasteiger partial charge in [-0.1, -0.05) is 20.8 Å². The van der Waals surface area contributed by atoms with E-state index in [1.165, 1.54) is 15.6 Å².